The maximum absolute atomic E-state index is 12.4. The maximum Gasteiger partial charge on any atom is 0.274 e. The van der Waals surface area contributed by atoms with Crippen molar-refractivity contribution in [1.29, 1.82) is 0 Å². The van der Waals surface area contributed by atoms with E-state index in [0.717, 1.165) is 35.8 Å². The maximum atomic E-state index is 12.4. The monoisotopic (exact) mass is 375 g/mol. The Labute approximate surface area is 165 Å². The topological polar surface area (TPSA) is 70.2 Å². The van der Waals surface area contributed by atoms with Gasteiger partial charge in [-0.05, 0) is 62.4 Å². The van der Waals surface area contributed by atoms with Crippen LogP contribution in [0.25, 0.3) is 0 Å². The van der Waals surface area contributed by atoms with Crippen molar-refractivity contribution in [3.05, 3.63) is 78.4 Å². The van der Waals surface area contributed by atoms with E-state index in [2.05, 4.69) is 39.3 Å². The van der Waals surface area contributed by atoms with Crippen molar-refractivity contribution in [1.82, 2.24) is 9.97 Å². The summed E-state index contributed by atoms with van der Waals surface area (Å²) >= 11 is 0. The molecule has 0 saturated carbocycles. The summed E-state index contributed by atoms with van der Waals surface area (Å²) in [6.07, 6.45) is 3.42. The van der Waals surface area contributed by atoms with Crippen molar-refractivity contribution in [3.8, 4) is 0 Å². The number of aromatic nitrogens is 2. The van der Waals surface area contributed by atoms with Crippen molar-refractivity contribution in [3.63, 3.8) is 0 Å². The lowest BCUT2D eigenvalue weighted by atomic mass is 10.2. The van der Waals surface area contributed by atoms with E-state index in [1.807, 2.05) is 48.5 Å². The van der Waals surface area contributed by atoms with E-state index in [4.69, 9.17) is 0 Å². The van der Waals surface area contributed by atoms with Crippen molar-refractivity contribution >= 4 is 23.0 Å². The van der Waals surface area contributed by atoms with Crippen molar-refractivity contribution in [2.45, 2.75) is 20.4 Å². The second kappa shape index (κ2) is 9.50. The van der Waals surface area contributed by atoms with Crippen LogP contribution in [0.5, 0.6) is 0 Å². The molecule has 6 nitrogen and oxygen atoms in total. The van der Waals surface area contributed by atoms with Crippen LogP contribution in [0, 0.1) is 0 Å². The van der Waals surface area contributed by atoms with Gasteiger partial charge in [-0.1, -0.05) is 6.07 Å². The standard InChI is InChI=1S/C22H25N5O/c1-3-27(4-2)20-11-8-17(9-12-20)26-22(28)21-13-10-19(16-25-21)24-15-18-7-5-6-14-23-18/h5-14,16,24H,3-4,15H2,1-2H3,(H,26,28). The molecule has 0 aliphatic carbocycles. The number of carbonyl (C=O) groups is 1. The first-order valence-electron chi connectivity index (χ1n) is 9.45. The molecule has 0 fully saturated rings. The smallest absolute Gasteiger partial charge is 0.274 e. The molecule has 2 heterocycles. The Morgan fingerprint density at radius 3 is 2.29 bits per heavy atom. The third-order valence-corrected chi connectivity index (χ3v) is 4.45. The summed E-state index contributed by atoms with van der Waals surface area (Å²) in [5.74, 6) is -0.230. The van der Waals surface area contributed by atoms with Gasteiger partial charge >= 0.3 is 0 Å². The van der Waals surface area contributed by atoms with Crippen LogP contribution >= 0.6 is 0 Å². The zero-order chi connectivity index (χ0) is 19.8. The molecule has 3 aromatic rings. The first-order chi connectivity index (χ1) is 13.7. The lowest BCUT2D eigenvalue weighted by Crippen LogP contribution is -2.21. The van der Waals surface area contributed by atoms with Crippen molar-refractivity contribution < 1.29 is 4.79 Å². The Hall–Kier alpha value is -3.41. The van der Waals surface area contributed by atoms with Crippen molar-refractivity contribution in [2.24, 2.45) is 0 Å². The number of pyridine rings is 2. The Bertz CT molecular complexity index is 875. The van der Waals surface area contributed by atoms with Gasteiger partial charge in [0.25, 0.3) is 5.91 Å². The lowest BCUT2D eigenvalue weighted by Gasteiger charge is -2.21. The third-order valence-electron chi connectivity index (χ3n) is 4.45. The number of carbonyl (C=O) groups excluding carboxylic acids is 1. The van der Waals surface area contributed by atoms with E-state index in [1.165, 1.54) is 0 Å². The van der Waals surface area contributed by atoms with Gasteiger partial charge in [-0.15, -0.1) is 0 Å². The molecule has 0 bridgehead atoms. The van der Waals surface area contributed by atoms with E-state index < -0.39 is 0 Å². The molecule has 3 rings (SSSR count). The molecule has 0 radical (unpaired) electrons. The minimum atomic E-state index is -0.230. The Morgan fingerprint density at radius 1 is 0.929 bits per heavy atom. The van der Waals surface area contributed by atoms with E-state index in [1.54, 1.807) is 18.5 Å². The molecule has 1 aromatic carbocycles. The zero-order valence-corrected chi connectivity index (χ0v) is 16.2. The molecule has 28 heavy (non-hydrogen) atoms. The predicted octanol–water partition coefficient (Wildman–Crippen LogP) is 4.19. The fourth-order valence-corrected chi connectivity index (χ4v) is 2.87. The summed E-state index contributed by atoms with van der Waals surface area (Å²) in [5, 5.41) is 6.13. The highest BCUT2D eigenvalue weighted by molar-refractivity contribution is 6.03. The second-order valence-corrected chi connectivity index (χ2v) is 6.28. The molecular weight excluding hydrogens is 350 g/mol. The Morgan fingerprint density at radius 2 is 1.68 bits per heavy atom. The van der Waals surface area contributed by atoms with Gasteiger partial charge in [0, 0.05) is 30.7 Å². The zero-order valence-electron chi connectivity index (χ0n) is 16.2. The largest absolute Gasteiger partial charge is 0.378 e. The van der Waals surface area contributed by atoms with Crippen LogP contribution in [-0.2, 0) is 6.54 Å². The minimum absolute atomic E-state index is 0.230. The quantitative estimate of drug-likeness (QED) is 0.618. The number of amides is 1. The van der Waals surface area contributed by atoms with Crippen LogP contribution in [0.3, 0.4) is 0 Å². The number of rotatable bonds is 8. The van der Waals surface area contributed by atoms with Gasteiger partial charge < -0.3 is 15.5 Å². The van der Waals surface area contributed by atoms with E-state index in [9.17, 15) is 4.79 Å². The molecule has 0 atom stereocenters. The summed E-state index contributed by atoms with van der Waals surface area (Å²) in [5.41, 5.74) is 4.05. The van der Waals surface area contributed by atoms with Gasteiger partial charge in [-0.25, -0.2) is 4.98 Å². The van der Waals surface area contributed by atoms with E-state index in [0.29, 0.717) is 12.2 Å². The van der Waals surface area contributed by atoms with Crippen molar-refractivity contribution in [2.75, 3.05) is 28.6 Å². The average Bonchev–Trinajstić information content (AvgIpc) is 2.75. The number of anilines is 3. The van der Waals surface area contributed by atoms with Crippen LogP contribution in [-0.4, -0.2) is 29.0 Å². The van der Waals surface area contributed by atoms with Crippen LogP contribution in [0.15, 0.2) is 67.0 Å². The summed E-state index contributed by atoms with van der Waals surface area (Å²) in [6.45, 7) is 6.76. The summed E-state index contributed by atoms with van der Waals surface area (Å²) in [6, 6.07) is 17.2. The Kier molecular flexibility index (Phi) is 6.57. The molecule has 2 N–H and O–H groups in total. The van der Waals surface area contributed by atoms with Gasteiger partial charge in [-0.2, -0.15) is 0 Å². The second-order valence-electron chi connectivity index (χ2n) is 6.28. The van der Waals surface area contributed by atoms with Gasteiger partial charge in [0.05, 0.1) is 24.1 Å². The lowest BCUT2D eigenvalue weighted by molar-refractivity contribution is 0.102. The highest BCUT2D eigenvalue weighted by Crippen LogP contribution is 2.18. The van der Waals surface area contributed by atoms with Gasteiger partial charge in [0.1, 0.15) is 5.69 Å². The molecule has 144 valence electrons. The SMILES string of the molecule is CCN(CC)c1ccc(NC(=O)c2ccc(NCc3ccccn3)cn2)cc1. The predicted molar refractivity (Wildman–Crippen MR) is 114 cm³/mol. The highest BCUT2D eigenvalue weighted by Gasteiger charge is 2.08. The van der Waals surface area contributed by atoms with Crippen LogP contribution in [0.2, 0.25) is 0 Å². The number of hydrogen-bond donors (Lipinski definition) is 2. The fraction of sp³-hybridized carbons (Fsp3) is 0.227. The minimum Gasteiger partial charge on any atom is -0.378 e. The molecule has 0 spiro atoms. The highest BCUT2D eigenvalue weighted by atomic mass is 16.1. The fourth-order valence-electron chi connectivity index (χ4n) is 2.87. The normalized spacial score (nSPS) is 10.4. The molecule has 0 saturated heterocycles. The van der Waals surface area contributed by atoms with Crippen LogP contribution in [0.4, 0.5) is 17.1 Å². The molecule has 1 amide bonds. The average molecular weight is 375 g/mol. The van der Waals surface area contributed by atoms with E-state index >= 15 is 0 Å². The first-order valence-corrected chi connectivity index (χ1v) is 9.45. The summed E-state index contributed by atoms with van der Waals surface area (Å²) < 4.78 is 0. The Balaban J connectivity index is 1.57. The van der Waals surface area contributed by atoms with Crippen LogP contribution in [0.1, 0.15) is 30.0 Å². The first kappa shape index (κ1) is 19.4. The molecule has 0 aliphatic rings. The van der Waals surface area contributed by atoms with Gasteiger partial charge in [0.15, 0.2) is 0 Å². The number of nitrogens with zero attached hydrogens (tertiary/aromatic N) is 3. The number of hydrogen-bond acceptors (Lipinski definition) is 5. The third kappa shape index (κ3) is 5.07. The molecule has 0 unspecified atom stereocenters. The van der Waals surface area contributed by atoms with Gasteiger partial charge in [-0.3, -0.25) is 9.78 Å². The van der Waals surface area contributed by atoms with Crippen LogP contribution < -0.4 is 15.5 Å². The number of nitrogens with one attached hydrogen (secondary N) is 2. The summed E-state index contributed by atoms with van der Waals surface area (Å²) in [7, 11) is 0. The molecule has 2 aromatic heterocycles. The number of benzene rings is 1. The van der Waals surface area contributed by atoms with Gasteiger partial charge in [0.2, 0.25) is 0 Å². The molecular formula is C22H25N5O. The molecule has 6 heteroatoms. The summed E-state index contributed by atoms with van der Waals surface area (Å²) in [4.78, 5) is 23.2. The van der Waals surface area contributed by atoms with E-state index in [-0.39, 0.29) is 5.91 Å². The molecule has 0 aliphatic heterocycles.